The van der Waals surface area contributed by atoms with Crippen LogP contribution in [0.2, 0.25) is 5.04 Å². The predicted octanol–water partition coefficient (Wildman–Crippen LogP) is 7.28. The van der Waals surface area contributed by atoms with E-state index in [4.69, 9.17) is 13.9 Å². The molecule has 1 aliphatic heterocycles. The predicted molar refractivity (Wildman–Crippen MR) is 179 cm³/mol. The normalized spacial score (nSPS) is 20.7. The molecule has 3 rings (SSSR count). The minimum Gasteiger partial charge on any atom is -0.405 e. The van der Waals surface area contributed by atoms with Gasteiger partial charge in [-0.3, -0.25) is 4.79 Å². The molecule has 0 bridgehead atoms. The Balaban J connectivity index is 1.68. The Bertz CT molecular complexity index is 1100. The summed E-state index contributed by atoms with van der Waals surface area (Å²) in [5, 5.41) is 14.0. The second-order valence-corrected chi connectivity index (χ2v) is 19.0. The molecule has 0 radical (unpaired) electrons. The van der Waals surface area contributed by atoms with Gasteiger partial charge in [0, 0.05) is 12.0 Å². The number of rotatable bonds is 14. The number of ketones is 1. The molecule has 2 unspecified atom stereocenters. The largest absolute Gasteiger partial charge is 0.405 e. The standard InChI is InChI=1S/C37H58O5Si/c1-11-31(34(39)36(7,8)32-25-26-40-37(9,10)41-32)33(38)27(2)19-18-20-28(3)42-43(35(4,5)6,29-21-14-12-15-22-29)30-23-16-13-17-24-30/h12-17,21-24,27-28,31-33,38H,11,18-20,25-26H2,1-10H3/t27-,28?,31?,32-,33-/m0/s1. The van der Waals surface area contributed by atoms with Crippen molar-refractivity contribution in [2.24, 2.45) is 17.3 Å². The smallest absolute Gasteiger partial charge is 0.261 e. The van der Waals surface area contributed by atoms with E-state index in [1.165, 1.54) is 10.4 Å². The molecule has 0 saturated carbocycles. The molecular formula is C37H58O5Si. The van der Waals surface area contributed by atoms with E-state index in [2.05, 4.69) is 95.3 Å². The number of aliphatic hydroxyl groups excluding tert-OH is 1. The molecule has 0 spiro atoms. The summed E-state index contributed by atoms with van der Waals surface area (Å²) in [5.41, 5.74) is -0.708. The third-order valence-electron chi connectivity index (χ3n) is 9.53. The second kappa shape index (κ2) is 14.5. The fourth-order valence-corrected chi connectivity index (χ4v) is 11.7. The third-order valence-corrected chi connectivity index (χ3v) is 14.7. The fraction of sp³-hybridized carbons (Fsp3) is 0.649. The molecule has 5 nitrogen and oxygen atoms in total. The number of Topliss-reactive ketones (excluding diaryl/α,β-unsaturated/α-hetero) is 1. The van der Waals surface area contributed by atoms with Crippen LogP contribution >= 0.6 is 0 Å². The molecule has 5 atom stereocenters. The van der Waals surface area contributed by atoms with Crippen molar-refractivity contribution in [1.82, 2.24) is 0 Å². The molecule has 1 saturated heterocycles. The fourth-order valence-electron chi connectivity index (χ4n) is 6.92. The van der Waals surface area contributed by atoms with Crippen molar-refractivity contribution < 1.29 is 23.8 Å². The summed E-state index contributed by atoms with van der Waals surface area (Å²) >= 11 is 0. The highest BCUT2D eigenvalue weighted by molar-refractivity contribution is 6.99. The Hall–Kier alpha value is -1.83. The first-order valence-electron chi connectivity index (χ1n) is 16.4. The Kier molecular flexibility index (Phi) is 12.0. The summed E-state index contributed by atoms with van der Waals surface area (Å²) < 4.78 is 19.1. The van der Waals surface area contributed by atoms with Gasteiger partial charge in [-0.2, -0.15) is 0 Å². The molecular weight excluding hydrogens is 552 g/mol. The van der Waals surface area contributed by atoms with Crippen molar-refractivity contribution in [3.63, 3.8) is 0 Å². The average Bonchev–Trinajstić information content (AvgIpc) is 2.95. The van der Waals surface area contributed by atoms with E-state index in [1.54, 1.807) is 0 Å². The quantitative estimate of drug-likeness (QED) is 0.228. The maximum absolute atomic E-state index is 13.9. The SMILES string of the molecule is CCC(C(=O)C(C)(C)[C@@H]1CCOC(C)(C)O1)[C@@H](O)[C@@H](C)CCCC(C)O[Si](c1ccccc1)(c1ccccc1)C(C)(C)C. The Morgan fingerprint density at radius 2 is 1.51 bits per heavy atom. The highest BCUT2D eigenvalue weighted by Gasteiger charge is 2.51. The highest BCUT2D eigenvalue weighted by Crippen LogP contribution is 2.40. The van der Waals surface area contributed by atoms with Crippen molar-refractivity contribution >= 4 is 24.5 Å². The van der Waals surface area contributed by atoms with Crippen LogP contribution in [-0.4, -0.2) is 49.9 Å². The van der Waals surface area contributed by atoms with Gasteiger partial charge >= 0.3 is 0 Å². The lowest BCUT2D eigenvalue weighted by Gasteiger charge is -2.45. The maximum atomic E-state index is 13.9. The van der Waals surface area contributed by atoms with Gasteiger partial charge in [0.15, 0.2) is 5.79 Å². The van der Waals surface area contributed by atoms with E-state index < -0.39 is 31.5 Å². The number of aliphatic hydroxyl groups is 1. The first-order valence-corrected chi connectivity index (χ1v) is 18.3. The second-order valence-electron chi connectivity index (χ2n) is 14.7. The van der Waals surface area contributed by atoms with E-state index in [9.17, 15) is 9.90 Å². The Morgan fingerprint density at radius 1 is 0.977 bits per heavy atom. The van der Waals surface area contributed by atoms with Crippen LogP contribution in [0.15, 0.2) is 60.7 Å². The van der Waals surface area contributed by atoms with Crippen LogP contribution in [0, 0.1) is 17.3 Å². The number of hydrogen-bond donors (Lipinski definition) is 1. The zero-order valence-corrected chi connectivity index (χ0v) is 29.5. The van der Waals surface area contributed by atoms with Gasteiger partial charge in [-0.15, -0.1) is 0 Å². The highest BCUT2D eigenvalue weighted by atomic mass is 28.4. The van der Waals surface area contributed by atoms with E-state index in [0.717, 1.165) is 19.3 Å². The summed E-state index contributed by atoms with van der Waals surface area (Å²) in [4.78, 5) is 13.9. The summed E-state index contributed by atoms with van der Waals surface area (Å²) in [5.74, 6) is -1.05. The maximum Gasteiger partial charge on any atom is 0.261 e. The number of hydrogen-bond acceptors (Lipinski definition) is 5. The zero-order valence-electron chi connectivity index (χ0n) is 28.5. The summed E-state index contributed by atoms with van der Waals surface area (Å²) in [7, 11) is -2.61. The molecule has 1 fully saturated rings. The van der Waals surface area contributed by atoms with Gasteiger partial charge in [0.25, 0.3) is 8.32 Å². The van der Waals surface area contributed by atoms with Crippen molar-refractivity contribution in [3.8, 4) is 0 Å². The van der Waals surface area contributed by atoms with Crippen LogP contribution in [0.25, 0.3) is 0 Å². The van der Waals surface area contributed by atoms with Crippen molar-refractivity contribution in [3.05, 3.63) is 60.7 Å². The van der Waals surface area contributed by atoms with E-state index in [-0.39, 0.29) is 28.9 Å². The van der Waals surface area contributed by atoms with Crippen LogP contribution < -0.4 is 10.4 Å². The number of ether oxygens (including phenoxy) is 2. The van der Waals surface area contributed by atoms with Crippen LogP contribution in [0.1, 0.15) is 101 Å². The summed E-state index contributed by atoms with van der Waals surface area (Å²) in [6.45, 7) is 21.5. The van der Waals surface area contributed by atoms with Crippen molar-refractivity contribution in [1.29, 1.82) is 0 Å². The molecule has 0 aliphatic carbocycles. The minimum atomic E-state index is -2.61. The topological polar surface area (TPSA) is 65.0 Å². The van der Waals surface area contributed by atoms with Gasteiger partial charge in [-0.1, -0.05) is 116 Å². The molecule has 1 heterocycles. The molecule has 0 amide bonds. The lowest BCUT2D eigenvalue weighted by atomic mass is 9.71. The van der Waals surface area contributed by atoms with Gasteiger partial charge in [0.2, 0.25) is 0 Å². The van der Waals surface area contributed by atoms with E-state index >= 15 is 0 Å². The average molecular weight is 611 g/mol. The molecule has 0 aromatic heterocycles. The Labute approximate surface area is 262 Å². The minimum absolute atomic E-state index is 0.00295. The lowest BCUT2D eigenvalue weighted by Crippen LogP contribution is -2.67. The van der Waals surface area contributed by atoms with Gasteiger partial charge < -0.3 is 19.0 Å². The third kappa shape index (κ3) is 8.26. The molecule has 43 heavy (non-hydrogen) atoms. The van der Waals surface area contributed by atoms with Crippen molar-refractivity contribution in [2.45, 2.75) is 130 Å². The lowest BCUT2D eigenvalue weighted by molar-refractivity contribution is -0.289. The van der Waals surface area contributed by atoms with Crippen LogP contribution in [0.3, 0.4) is 0 Å². The van der Waals surface area contributed by atoms with Gasteiger partial charge in [0.05, 0.1) is 24.2 Å². The molecule has 240 valence electrons. The van der Waals surface area contributed by atoms with Crippen LogP contribution in [0.4, 0.5) is 0 Å². The van der Waals surface area contributed by atoms with Crippen LogP contribution in [-0.2, 0) is 18.7 Å². The van der Waals surface area contributed by atoms with Gasteiger partial charge in [-0.05, 0) is 67.8 Å². The van der Waals surface area contributed by atoms with Crippen LogP contribution in [0.5, 0.6) is 0 Å². The zero-order chi connectivity index (χ0) is 32.1. The molecule has 1 aliphatic rings. The van der Waals surface area contributed by atoms with Crippen molar-refractivity contribution in [2.75, 3.05) is 6.61 Å². The van der Waals surface area contributed by atoms with E-state index in [1.807, 2.05) is 34.6 Å². The molecule has 1 N–H and O–H groups in total. The Morgan fingerprint density at radius 3 is 1.98 bits per heavy atom. The van der Waals surface area contributed by atoms with Gasteiger partial charge in [0.1, 0.15) is 5.78 Å². The summed E-state index contributed by atoms with van der Waals surface area (Å²) in [6, 6.07) is 21.5. The molecule has 2 aromatic carbocycles. The number of benzene rings is 2. The van der Waals surface area contributed by atoms with E-state index in [0.29, 0.717) is 19.4 Å². The number of carbonyl (C=O) groups excluding carboxylic acids is 1. The first kappa shape index (κ1) is 35.6. The van der Waals surface area contributed by atoms with Gasteiger partial charge in [-0.25, -0.2) is 0 Å². The molecule has 6 heteroatoms. The summed E-state index contributed by atoms with van der Waals surface area (Å²) in [6.07, 6.45) is 3.04. The first-order chi connectivity index (χ1) is 20.1. The monoisotopic (exact) mass is 610 g/mol. The molecule has 2 aromatic rings. The number of carbonyl (C=O) groups is 1.